The van der Waals surface area contributed by atoms with Gasteiger partial charge in [-0.1, -0.05) is 6.42 Å². The molecule has 0 atom stereocenters. The van der Waals surface area contributed by atoms with Gasteiger partial charge in [-0.25, -0.2) is 0 Å². The van der Waals surface area contributed by atoms with Gasteiger partial charge >= 0.3 is 0 Å². The summed E-state index contributed by atoms with van der Waals surface area (Å²) in [6.07, 6.45) is 4.33. The van der Waals surface area contributed by atoms with Crippen LogP contribution in [0.1, 0.15) is 36.0 Å². The van der Waals surface area contributed by atoms with E-state index in [-0.39, 0.29) is 12.4 Å². The minimum absolute atomic E-state index is 0.152. The number of carbonyl (C=O) groups excluding carboxylic acids is 1. The summed E-state index contributed by atoms with van der Waals surface area (Å²) in [6, 6.07) is 2.40. The quantitative estimate of drug-likeness (QED) is 0.696. The summed E-state index contributed by atoms with van der Waals surface area (Å²) in [5, 5.41) is 8.96. The van der Waals surface area contributed by atoms with Gasteiger partial charge in [-0.3, -0.25) is 9.69 Å². The van der Waals surface area contributed by atoms with Crippen molar-refractivity contribution in [3.63, 3.8) is 0 Å². The van der Waals surface area contributed by atoms with Crippen LogP contribution in [0.2, 0.25) is 0 Å². The third kappa shape index (κ3) is 4.11. The van der Waals surface area contributed by atoms with Crippen LogP contribution in [0.25, 0.3) is 0 Å². The zero-order valence-corrected chi connectivity index (χ0v) is 14.6. The van der Waals surface area contributed by atoms with Crippen molar-refractivity contribution >= 4 is 49.0 Å². The van der Waals surface area contributed by atoms with Crippen molar-refractivity contribution in [2.24, 2.45) is 0 Å². The molecule has 6 heteroatoms. The zero-order chi connectivity index (χ0) is 13.8. The highest BCUT2D eigenvalue weighted by Gasteiger charge is 2.27. The molecular weight excluding hydrogens is 394 g/mol. The minimum Gasteiger partial charge on any atom is -0.396 e. The minimum atomic E-state index is 0.152. The summed E-state index contributed by atoms with van der Waals surface area (Å²) >= 11 is 8.37. The smallest absolute Gasteiger partial charge is 0.178 e. The van der Waals surface area contributed by atoms with Gasteiger partial charge in [-0.05, 0) is 57.2 Å². The van der Waals surface area contributed by atoms with Crippen molar-refractivity contribution in [2.75, 3.05) is 19.7 Å². The monoisotopic (exact) mass is 409 g/mol. The molecule has 0 aromatic carbocycles. The lowest BCUT2D eigenvalue weighted by atomic mass is 9.91. The van der Waals surface area contributed by atoms with E-state index >= 15 is 0 Å². The van der Waals surface area contributed by atoms with Crippen molar-refractivity contribution in [3.8, 4) is 0 Å². The summed E-state index contributed by atoms with van der Waals surface area (Å²) in [5.41, 5.74) is 0.755. The topological polar surface area (TPSA) is 40.5 Å². The Kier molecular flexibility index (Phi) is 6.02. The zero-order valence-electron chi connectivity index (χ0n) is 10.6. The summed E-state index contributed by atoms with van der Waals surface area (Å²) in [6.45, 7) is 1.44. The largest absolute Gasteiger partial charge is 0.396 e. The lowest BCUT2D eigenvalue weighted by Gasteiger charge is -2.37. The normalized spacial score (nSPS) is 15.8. The van der Waals surface area contributed by atoms with Crippen LogP contribution >= 0.6 is 43.2 Å². The fraction of sp³-hybridized carbons (Fsp3) is 0.615. The molecule has 1 aromatic rings. The number of aliphatic hydroxyl groups is 1. The lowest BCUT2D eigenvalue weighted by Crippen LogP contribution is -2.43. The first-order valence-corrected chi connectivity index (χ1v) is 8.85. The Morgan fingerprint density at radius 2 is 2.21 bits per heavy atom. The molecule has 3 nitrogen and oxygen atoms in total. The fourth-order valence-corrected chi connectivity index (χ4v) is 5.07. The standard InChI is InChI=1S/C13H17Br2NO2S/c14-12-7-10(13(15)19-12)11(18)8-16(5-2-6-17)9-3-1-4-9/h7,9,17H,1-6,8H2. The second-order valence-corrected chi connectivity index (χ2v) is 8.54. The predicted octanol–water partition coefficient (Wildman–Crippen LogP) is 3.69. The molecular formula is C13H17Br2NO2S. The molecule has 1 heterocycles. The molecule has 0 aliphatic heterocycles. The van der Waals surface area contributed by atoms with Crippen LogP contribution in [0, 0.1) is 0 Å². The Morgan fingerprint density at radius 1 is 1.47 bits per heavy atom. The highest BCUT2D eigenvalue weighted by atomic mass is 79.9. The maximum atomic E-state index is 12.3. The number of carbonyl (C=O) groups is 1. The van der Waals surface area contributed by atoms with Crippen LogP contribution in [0.3, 0.4) is 0 Å². The second-order valence-electron chi connectivity index (χ2n) is 4.79. The van der Waals surface area contributed by atoms with Crippen LogP contribution in [0.5, 0.6) is 0 Å². The molecule has 106 valence electrons. The van der Waals surface area contributed by atoms with Crippen LogP contribution in [-0.4, -0.2) is 41.5 Å². The number of ketones is 1. The van der Waals surface area contributed by atoms with E-state index in [1.54, 1.807) is 0 Å². The Balaban J connectivity index is 1.99. The van der Waals surface area contributed by atoms with Gasteiger partial charge in [-0.2, -0.15) is 0 Å². The van der Waals surface area contributed by atoms with E-state index < -0.39 is 0 Å². The van der Waals surface area contributed by atoms with Crippen molar-refractivity contribution in [2.45, 2.75) is 31.7 Å². The molecule has 0 radical (unpaired) electrons. The number of aliphatic hydroxyl groups excluding tert-OH is 1. The van der Waals surface area contributed by atoms with Crippen molar-refractivity contribution in [1.82, 2.24) is 4.90 Å². The molecule has 1 saturated carbocycles. The molecule has 0 unspecified atom stereocenters. The van der Waals surface area contributed by atoms with E-state index in [0.29, 0.717) is 12.6 Å². The van der Waals surface area contributed by atoms with E-state index in [9.17, 15) is 4.79 Å². The number of Topliss-reactive ketones (excluding diaryl/α,β-unsaturated/α-hetero) is 1. The molecule has 1 aliphatic rings. The van der Waals surface area contributed by atoms with E-state index in [2.05, 4.69) is 36.8 Å². The number of hydrogen-bond donors (Lipinski definition) is 1. The number of hydrogen-bond acceptors (Lipinski definition) is 4. The third-order valence-electron chi connectivity index (χ3n) is 3.50. The van der Waals surface area contributed by atoms with Gasteiger partial charge in [0, 0.05) is 24.8 Å². The summed E-state index contributed by atoms with van der Waals surface area (Å²) in [7, 11) is 0. The van der Waals surface area contributed by atoms with E-state index in [4.69, 9.17) is 5.11 Å². The first-order chi connectivity index (χ1) is 9.11. The van der Waals surface area contributed by atoms with Gasteiger partial charge in [0.1, 0.15) is 0 Å². The van der Waals surface area contributed by atoms with Gasteiger partial charge in [0.25, 0.3) is 0 Å². The molecule has 2 rings (SSSR count). The second kappa shape index (κ2) is 7.31. The van der Waals surface area contributed by atoms with Crippen LogP contribution < -0.4 is 0 Å². The average molecular weight is 411 g/mol. The summed E-state index contributed by atoms with van der Waals surface area (Å²) in [4.78, 5) is 14.6. The maximum absolute atomic E-state index is 12.3. The number of rotatable bonds is 7. The van der Waals surface area contributed by atoms with Gasteiger partial charge in [-0.15, -0.1) is 11.3 Å². The average Bonchev–Trinajstić information content (AvgIpc) is 2.63. The number of nitrogens with zero attached hydrogens (tertiary/aromatic N) is 1. The van der Waals surface area contributed by atoms with Gasteiger partial charge in [0.2, 0.25) is 0 Å². The molecule has 1 aliphatic carbocycles. The third-order valence-corrected chi connectivity index (χ3v) is 5.84. The van der Waals surface area contributed by atoms with Crippen molar-refractivity contribution < 1.29 is 9.90 Å². The molecule has 1 N–H and O–H groups in total. The van der Waals surface area contributed by atoms with Crippen molar-refractivity contribution in [3.05, 3.63) is 19.2 Å². The molecule has 1 fully saturated rings. The van der Waals surface area contributed by atoms with E-state index in [1.165, 1.54) is 30.6 Å². The van der Waals surface area contributed by atoms with E-state index in [0.717, 1.165) is 26.1 Å². The molecule has 0 spiro atoms. The highest BCUT2D eigenvalue weighted by molar-refractivity contribution is 9.12. The predicted molar refractivity (Wildman–Crippen MR) is 85.0 cm³/mol. The maximum Gasteiger partial charge on any atom is 0.178 e. The molecule has 1 aromatic heterocycles. The van der Waals surface area contributed by atoms with Gasteiger partial charge in [0.15, 0.2) is 5.78 Å². The van der Waals surface area contributed by atoms with Crippen LogP contribution in [-0.2, 0) is 0 Å². The van der Waals surface area contributed by atoms with Gasteiger partial charge < -0.3 is 5.11 Å². The van der Waals surface area contributed by atoms with Gasteiger partial charge in [0.05, 0.1) is 14.1 Å². The summed E-state index contributed by atoms with van der Waals surface area (Å²) in [5.74, 6) is 0.152. The Bertz CT molecular complexity index is 446. The lowest BCUT2D eigenvalue weighted by molar-refractivity contribution is 0.0788. The Labute approximate surface area is 134 Å². The number of halogens is 2. The fourth-order valence-electron chi connectivity index (χ4n) is 2.22. The number of thiophene rings is 1. The molecule has 0 amide bonds. The molecule has 0 saturated heterocycles. The highest BCUT2D eigenvalue weighted by Crippen LogP contribution is 2.33. The van der Waals surface area contributed by atoms with E-state index in [1.807, 2.05) is 6.07 Å². The molecule has 0 bridgehead atoms. The van der Waals surface area contributed by atoms with Crippen LogP contribution in [0.15, 0.2) is 13.6 Å². The first kappa shape index (κ1) is 15.6. The van der Waals surface area contributed by atoms with Crippen LogP contribution in [0.4, 0.5) is 0 Å². The molecule has 19 heavy (non-hydrogen) atoms. The van der Waals surface area contributed by atoms with Crippen molar-refractivity contribution in [1.29, 1.82) is 0 Å². The first-order valence-electron chi connectivity index (χ1n) is 6.44. The SMILES string of the molecule is O=C(CN(CCCO)C1CCC1)c1cc(Br)sc1Br. The summed E-state index contributed by atoms with van der Waals surface area (Å²) < 4.78 is 1.85. The Morgan fingerprint density at radius 3 is 2.68 bits per heavy atom. The Hall–Kier alpha value is 0.250.